The van der Waals surface area contributed by atoms with E-state index in [4.69, 9.17) is 19.9 Å². The van der Waals surface area contributed by atoms with Crippen LogP contribution in [-0.4, -0.2) is 19.9 Å². The summed E-state index contributed by atoms with van der Waals surface area (Å²) in [5.74, 6) is 1.31. The van der Waals surface area contributed by atoms with Crippen molar-refractivity contribution in [2.75, 3.05) is 9.80 Å². The van der Waals surface area contributed by atoms with E-state index in [0.29, 0.717) is 11.9 Å². The fourth-order valence-corrected chi connectivity index (χ4v) is 7.83. The second kappa shape index (κ2) is 16.5. The van der Waals surface area contributed by atoms with Crippen LogP contribution in [0.3, 0.4) is 0 Å². The molecule has 7 aromatic carbocycles. The zero-order chi connectivity index (χ0) is 40.2. The van der Waals surface area contributed by atoms with E-state index in [2.05, 4.69) is 131 Å². The molecule has 2 heterocycles. The first kappa shape index (κ1) is 37.7. The molecule has 0 bridgehead atoms. The van der Waals surface area contributed by atoms with E-state index in [1.165, 1.54) is 32.7 Å². The van der Waals surface area contributed by atoms with Crippen molar-refractivity contribution in [1.82, 2.24) is 19.9 Å². The maximum Gasteiger partial charge on any atom is 0.235 e. The van der Waals surface area contributed by atoms with Crippen LogP contribution in [0.25, 0.3) is 43.8 Å². The number of hydrogen-bond acceptors (Lipinski definition) is 6. The SMILES string of the molecule is CC.Cc1cc(C)nc(N(c2ccccc2)c2ccc(-c3c4ccccc4c(-c4ccc(N(c5ccccc5)c5nc(C)cc(C)n5)cc4)c4ccccc34)cc2)n1. The van der Waals surface area contributed by atoms with E-state index >= 15 is 0 Å². The maximum atomic E-state index is 4.85. The molecule has 0 spiro atoms. The van der Waals surface area contributed by atoms with Gasteiger partial charge in [-0.2, -0.15) is 0 Å². The van der Waals surface area contributed by atoms with Gasteiger partial charge < -0.3 is 0 Å². The molecule has 0 fully saturated rings. The van der Waals surface area contributed by atoms with Crippen molar-refractivity contribution in [3.63, 3.8) is 0 Å². The number of fused-ring (bicyclic) bond motifs is 2. The number of rotatable bonds is 8. The lowest BCUT2D eigenvalue weighted by Gasteiger charge is -2.24. The highest BCUT2D eigenvalue weighted by molar-refractivity contribution is 6.21. The maximum absolute atomic E-state index is 4.85. The first-order chi connectivity index (χ1) is 28.4. The molecule has 0 N–H and O–H groups in total. The molecular formula is C52H46N6. The van der Waals surface area contributed by atoms with Crippen molar-refractivity contribution >= 4 is 56.2 Å². The van der Waals surface area contributed by atoms with Crippen LogP contribution in [0, 0.1) is 27.7 Å². The second-order valence-corrected chi connectivity index (χ2v) is 14.2. The summed E-state index contributed by atoms with van der Waals surface area (Å²) in [5.41, 5.74) is 12.4. The topological polar surface area (TPSA) is 58.0 Å². The van der Waals surface area contributed by atoms with E-state index in [0.717, 1.165) is 56.7 Å². The van der Waals surface area contributed by atoms with E-state index in [9.17, 15) is 0 Å². The summed E-state index contributed by atoms with van der Waals surface area (Å²) >= 11 is 0. The lowest BCUT2D eigenvalue weighted by molar-refractivity contribution is 1.01. The Kier molecular flexibility index (Phi) is 10.7. The molecule has 0 atom stereocenters. The second-order valence-electron chi connectivity index (χ2n) is 14.2. The summed E-state index contributed by atoms with van der Waals surface area (Å²) in [6.45, 7) is 12.1. The third kappa shape index (κ3) is 7.40. The average Bonchev–Trinajstić information content (AvgIpc) is 3.24. The van der Waals surface area contributed by atoms with Crippen molar-refractivity contribution < 1.29 is 0 Å². The Hall–Kier alpha value is -7.18. The van der Waals surface area contributed by atoms with Crippen LogP contribution in [0.15, 0.2) is 170 Å². The molecule has 2 aromatic heterocycles. The Morgan fingerprint density at radius 3 is 0.862 bits per heavy atom. The number of aromatic nitrogens is 4. The van der Waals surface area contributed by atoms with Gasteiger partial charge in [-0.15, -0.1) is 0 Å². The Labute approximate surface area is 341 Å². The Morgan fingerprint density at radius 2 is 0.569 bits per heavy atom. The molecule has 9 rings (SSSR count). The minimum absolute atomic E-state index is 0.654. The number of para-hydroxylation sites is 2. The third-order valence-electron chi connectivity index (χ3n) is 10.1. The number of anilines is 6. The molecule has 6 heteroatoms. The normalized spacial score (nSPS) is 10.9. The van der Waals surface area contributed by atoms with Crippen molar-refractivity contribution in [1.29, 1.82) is 0 Å². The van der Waals surface area contributed by atoms with Crippen molar-refractivity contribution in [2.24, 2.45) is 0 Å². The average molecular weight is 755 g/mol. The van der Waals surface area contributed by atoms with Gasteiger partial charge >= 0.3 is 0 Å². The highest BCUT2D eigenvalue weighted by atomic mass is 15.3. The lowest BCUT2D eigenvalue weighted by Crippen LogP contribution is -2.14. The highest BCUT2D eigenvalue weighted by Crippen LogP contribution is 2.45. The summed E-state index contributed by atoms with van der Waals surface area (Å²) in [4.78, 5) is 23.6. The highest BCUT2D eigenvalue weighted by Gasteiger charge is 2.21. The Morgan fingerprint density at radius 1 is 0.310 bits per heavy atom. The zero-order valence-corrected chi connectivity index (χ0v) is 33.8. The van der Waals surface area contributed by atoms with Crippen LogP contribution in [0.5, 0.6) is 0 Å². The lowest BCUT2D eigenvalue weighted by atomic mass is 9.86. The standard InChI is InChI=1S/C50H40N6.C2H6/c1-33-31-34(2)52-49(51-33)55(39-15-7-5-8-16-39)41-27-23-37(24-28-41)47-43-19-11-13-21-45(43)48(46-22-14-12-20-44(46)47)38-25-29-42(30-26-38)56(40-17-9-6-10-18-40)50-53-35(3)32-36(4)54-50;1-2/h5-32H,1-4H3;1-2H3. The molecule has 0 radical (unpaired) electrons. The molecule has 0 unspecified atom stereocenters. The van der Waals surface area contributed by atoms with Crippen molar-refractivity contribution in [2.45, 2.75) is 41.5 Å². The summed E-state index contributed by atoms with van der Waals surface area (Å²) in [6, 6.07) is 59.8. The molecular weight excluding hydrogens is 709 g/mol. The van der Waals surface area contributed by atoms with Gasteiger partial charge in [0.05, 0.1) is 0 Å². The summed E-state index contributed by atoms with van der Waals surface area (Å²) in [6.07, 6.45) is 0. The predicted octanol–water partition coefficient (Wildman–Crippen LogP) is 14.1. The van der Waals surface area contributed by atoms with Gasteiger partial charge in [0.15, 0.2) is 0 Å². The molecule has 58 heavy (non-hydrogen) atoms. The molecule has 6 nitrogen and oxygen atoms in total. The summed E-state index contributed by atoms with van der Waals surface area (Å²) in [5, 5.41) is 4.80. The number of aryl methyl sites for hydroxylation is 4. The van der Waals surface area contributed by atoms with Crippen LogP contribution in [0.4, 0.5) is 34.6 Å². The quantitative estimate of drug-likeness (QED) is 0.144. The van der Waals surface area contributed by atoms with Crippen LogP contribution < -0.4 is 9.80 Å². The molecule has 0 saturated carbocycles. The molecule has 0 saturated heterocycles. The smallest absolute Gasteiger partial charge is 0.235 e. The molecule has 9 aromatic rings. The van der Waals surface area contributed by atoms with Gasteiger partial charge in [0.25, 0.3) is 0 Å². The first-order valence-corrected chi connectivity index (χ1v) is 19.9. The van der Waals surface area contributed by atoms with Crippen LogP contribution in [-0.2, 0) is 0 Å². The fraction of sp³-hybridized carbons (Fsp3) is 0.115. The number of nitrogens with zero attached hydrogens (tertiary/aromatic N) is 6. The number of benzene rings is 7. The van der Waals surface area contributed by atoms with Gasteiger partial charge in [-0.25, -0.2) is 19.9 Å². The largest absolute Gasteiger partial charge is 0.279 e. The van der Waals surface area contributed by atoms with Crippen LogP contribution in [0.1, 0.15) is 36.6 Å². The summed E-state index contributed by atoms with van der Waals surface area (Å²) < 4.78 is 0. The van der Waals surface area contributed by atoms with Gasteiger partial charge in [-0.1, -0.05) is 123 Å². The van der Waals surface area contributed by atoms with E-state index in [1.807, 2.05) is 90.1 Å². The van der Waals surface area contributed by atoms with Crippen molar-refractivity contribution in [3.05, 3.63) is 193 Å². The van der Waals surface area contributed by atoms with Crippen LogP contribution in [0.2, 0.25) is 0 Å². The van der Waals surface area contributed by atoms with E-state index < -0.39 is 0 Å². The molecule has 0 aliphatic carbocycles. The van der Waals surface area contributed by atoms with E-state index in [-0.39, 0.29) is 0 Å². The Balaban J connectivity index is 0.00000231. The molecule has 0 aliphatic heterocycles. The van der Waals surface area contributed by atoms with Crippen molar-refractivity contribution in [3.8, 4) is 22.3 Å². The Bertz CT molecular complexity index is 2540. The molecule has 0 aliphatic rings. The van der Waals surface area contributed by atoms with Gasteiger partial charge in [0.2, 0.25) is 11.9 Å². The van der Waals surface area contributed by atoms with Gasteiger partial charge in [-0.05, 0) is 132 Å². The van der Waals surface area contributed by atoms with Gasteiger partial charge in [-0.3, -0.25) is 9.80 Å². The minimum Gasteiger partial charge on any atom is -0.279 e. The predicted molar refractivity (Wildman–Crippen MR) is 243 cm³/mol. The molecule has 0 amide bonds. The molecule has 284 valence electrons. The first-order valence-electron chi connectivity index (χ1n) is 19.9. The monoisotopic (exact) mass is 754 g/mol. The number of hydrogen-bond donors (Lipinski definition) is 0. The zero-order valence-electron chi connectivity index (χ0n) is 33.8. The summed E-state index contributed by atoms with van der Waals surface area (Å²) in [7, 11) is 0. The van der Waals surface area contributed by atoms with Crippen LogP contribution >= 0.6 is 0 Å². The minimum atomic E-state index is 0.654. The third-order valence-corrected chi connectivity index (χ3v) is 10.1. The van der Waals surface area contributed by atoms with E-state index in [1.54, 1.807) is 0 Å². The van der Waals surface area contributed by atoms with Gasteiger partial charge in [0.1, 0.15) is 0 Å². The fourth-order valence-electron chi connectivity index (χ4n) is 7.83. The van der Waals surface area contributed by atoms with Gasteiger partial charge in [0, 0.05) is 45.5 Å².